The number of hydrogen-bond acceptors (Lipinski definition) is 3. The molecule has 1 atom stereocenters. The van der Waals surface area contributed by atoms with E-state index in [2.05, 4.69) is 15.6 Å². The third-order valence-corrected chi connectivity index (χ3v) is 5.31. The molecule has 1 aromatic heterocycles. The molecule has 30 heavy (non-hydrogen) atoms. The molecule has 7 heteroatoms. The first-order valence-corrected chi connectivity index (χ1v) is 10.2. The van der Waals surface area contributed by atoms with Crippen LogP contribution in [0.3, 0.4) is 0 Å². The van der Waals surface area contributed by atoms with Crippen LogP contribution in [0.1, 0.15) is 17.4 Å². The standard InChI is InChI=1S/C23H20Cl2N4O/c1-29-20-10-6-5-9-19(20)28-21(29)14-26-22(15-7-3-2-4-8-15)23(30)27-18-12-16(24)11-17(25)13-18/h2-13,22,26H,14H2,1H3,(H,27,30)/t22-/m1/s1. The Labute approximate surface area is 184 Å². The molecule has 2 N–H and O–H groups in total. The number of anilines is 1. The zero-order valence-electron chi connectivity index (χ0n) is 16.3. The normalized spacial score (nSPS) is 12.1. The van der Waals surface area contributed by atoms with Crippen molar-refractivity contribution >= 4 is 45.8 Å². The number of fused-ring (bicyclic) bond motifs is 1. The quantitative estimate of drug-likeness (QED) is 0.426. The number of imidazole rings is 1. The first-order chi connectivity index (χ1) is 14.5. The molecular formula is C23H20Cl2N4O. The van der Waals surface area contributed by atoms with Crippen molar-refractivity contribution in [2.24, 2.45) is 7.05 Å². The van der Waals surface area contributed by atoms with Crippen LogP contribution in [0.4, 0.5) is 5.69 Å². The number of aryl methyl sites for hydroxylation is 1. The van der Waals surface area contributed by atoms with Crippen LogP contribution in [0, 0.1) is 0 Å². The summed E-state index contributed by atoms with van der Waals surface area (Å²) in [4.78, 5) is 17.8. The molecule has 0 aliphatic rings. The third kappa shape index (κ3) is 4.49. The first-order valence-electron chi connectivity index (χ1n) is 9.47. The minimum Gasteiger partial charge on any atom is -0.330 e. The lowest BCUT2D eigenvalue weighted by Crippen LogP contribution is -2.33. The molecule has 0 bridgehead atoms. The number of hydrogen-bond donors (Lipinski definition) is 2. The molecule has 152 valence electrons. The number of nitrogens with one attached hydrogen (secondary N) is 2. The van der Waals surface area contributed by atoms with E-state index in [0.29, 0.717) is 22.3 Å². The number of nitrogens with zero attached hydrogens (tertiary/aromatic N) is 2. The zero-order valence-corrected chi connectivity index (χ0v) is 17.8. The minimum atomic E-state index is -0.580. The fourth-order valence-electron chi connectivity index (χ4n) is 3.39. The molecule has 0 saturated carbocycles. The number of carbonyl (C=O) groups excluding carboxylic acids is 1. The van der Waals surface area contributed by atoms with Gasteiger partial charge in [-0.25, -0.2) is 4.98 Å². The van der Waals surface area contributed by atoms with Gasteiger partial charge in [-0.1, -0.05) is 65.7 Å². The van der Waals surface area contributed by atoms with E-state index in [0.717, 1.165) is 22.4 Å². The van der Waals surface area contributed by atoms with E-state index < -0.39 is 6.04 Å². The summed E-state index contributed by atoms with van der Waals surface area (Å²) in [7, 11) is 1.97. The van der Waals surface area contributed by atoms with Crippen molar-refractivity contribution in [2.75, 3.05) is 5.32 Å². The van der Waals surface area contributed by atoms with Gasteiger partial charge >= 0.3 is 0 Å². The van der Waals surface area contributed by atoms with Gasteiger partial charge < -0.3 is 9.88 Å². The maximum atomic E-state index is 13.1. The van der Waals surface area contributed by atoms with Gasteiger partial charge in [0.05, 0.1) is 17.6 Å². The molecule has 1 heterocycles. The number of aromatic nitrogens is 2. The predicted octanol–water partition coefficient (Wildman–Crippen LogP) is 5.35. The van der Waals surface area contributed by atoms with Crippen LogP contribution in [0.2, 0.25) is 10.0 Å². The summed E-state index contributed by atoms with van der Waals surface area (Å²) in [5.41, 5.74) is 3.36. The maximum absolute atomic E-state index is 13.1. The molecule has 5 nitrogen and oxygen atoms in total. The van der Waals surface area contributed by atoms with Crippen molar-refractivity contribution < 1.29 is 4.79 Å². The van der Waals surface area contributed by atoms with Gasteiger partial charge in [0, 0.05) is 22.8 Å². The number of carbonyl (C=O) groups is 1. The van der Waals surface area contributed by atoms with Gasteiger partial charge in [0.1, 0.15) is 11.9 Å². The van der Waals surface area contributed by atoms with E-state index >= 15 is 0 Å². The van der Waals surface area contributed by atoms with E-state index in [1.807, 2.05) is 66.2 Å². The predicted molar refractivity (Wildman–Crippen MR) is 122 cm³/mol. The topological polar surface area (TPSA) is 59.0 Å². The molecule has 0 unspecified atom stereocenters. The highest BCUT2D eigenvalue weighted by molar-refractivity contribution is 6.35. The molecular weight excluding hydrogens is 419 g/mol. The molecule has 0 saturated heterocycles. The summed E-state index contributed by atoms with van der Waals surface area (Å²) in [5, 5.41) is 7.16. The van der Waals surface area contributed by atoms with Gasteiger partial charge in [0.25, 0.3) is 0 Å². The van der Waals surface area contributed by atoms with Gasteiger partial charge in [0.2, 0.25) is 5.91 Å². The highest BCUT2D eigenvalue weighted by atomic mass is 35.5. The Hall–Kier alpha value is -2.86. The highest BCUT2D eigenvalue weighted by Crippen LogP contribution is 2.24. The SMILES string of the molecule is Cn1c(CN[C@@H](C(=O)Nc2cc(Cl)cc(Cl)c2)c2ccccc2)nc2ccccc21. The molecule has 4 aromatic rings. The number of rotatable bonds is 6. The molecule has 0 aliphatic heterocycles. The third-order valence-electron chi connectivity index (χ3n) is 4.87. The Bertz CT molecular complexity index is 1170. The van der Waals surface area contributed by atoms with Crippen molar-refractivity contribution in [1.29, 1.82) is 0 Å². The summed E-state index contributed by atoms with van der Waals surface area (Å²) in [5.74, 6) is 0.633. The summed E-state index contributed by atoms with van der Waals surface area (Å²) >= 11 is 12.1. The number of benzene rings is 3. The van der Waals surface area contributed by atoms with Crippen LogP contribution < -0.4 is 10.6 Å². The second-order valence-electron chi connectivity index (χ2n) is 6.95. The van der Waals surface area contributed by atoms with Crippen molar-refractivity contribution in [3.63, 3.8) is 0 Å². The smallest absolute Gasteiger partial charge is 0.246 e. The molecule has 4 rings (SSSR count). The Kier molecular flexibility index (Phi) is 6.04. The average molecular weight is 439 g/mol. The molecule has 0 spiro atoms. The van der Waals surface area contributed by atoms with Crippen molar-refractivity contribution in [3.8, 4) is 0 Å². The zero-order chi connectivity index (χ0) is 21.1. The molecule has 1 amide bonds. The fraction of sp³-hybridized carbons (Fsp3) is 0.130. The van der Waals surface area contributed by atoms with E-state index in [1.54, 1.807) is 18.2 Å². The van der Waals surface area contributed by atoms with Gasteiger partial charge in [-0.15, -0.1) is 0 Å². The van der Waals surface area contributed by atoms with Crippen LogP contribution in [0.25, 0.3) is 11.0 Å². The van der Waals surface area contributed by atoms with E-state index in [1.165, 1.54) is 0 Å². The van der Waals surface area contributed by atoms with E-state index in [9.17, 15) is 4.79 Å². The second-order valence-corrected chi connectivity index (χ2v) is 7.82. The Morgan fingerprint density at radius 3 is 2.37 bits per heavy atom. The first kappa shape index (κ1) is 20.4. The van der Waals surface area contributed by atoms with Gasteiger partial charge in [-0.3, -0.25) is 10.1 Å². The fourth-order valence-corrected chi connectivity index (χ4v) is 3.92. The lowest BCUT2D eigenvalue weighted by molar-refractivity contribution is -0.118. The molecule has 0 fully saturated rings. The van der Waals surface area contributed by atoms with Crippen LogP contribution in [-0.4, -0.2) is 15.5 Å². The van der Waals surface area contributed by atoms with Gasteiger partial charge in [-0.05, 0) is 35.9 Å². The number of para-hydroxylation sites is 2. The van der Waals surface area contributed by atoms with Crippen molar-refractivity contribution in [1.82, 2.24) is 14.9 Å². The van der Waals surface area contributed by atoms with E-state index in [4.69, 9.17) is 23.2 Å². The average Bonchev–Trinajstić information content (AvgIpc) is 3.04. The van der Waals surface area contributed by atoms with Gasteiger partial charge in [-0.2, -0.15) is 0 Å². The monoisotopic (exact) mass is 438 g/mol. The van der Waals surface area contributed by atoms with Crippen LogP contribution in [0.5, 0.6) is 0 Å². The van der Waals surface area contributed by atoms with Crippen LogP contribution >= 0.6 is 23.2 Å². The molecule has 3 aromatic carbocycles. The summed E-state index contributed by atoms with van der Waals surface area (Å²) < 4.78 is 2.03. The summed E-state index contributed by atoms with van der Waals surface area (Å²) in [6.45, 7) is 0.425. The number of amides is 1. The Morgan fingerprint density at radius 1 is 1.00 bits per heavy atom. The van der Waals surface area contributed by atoms with Crippen LogP contribution in [-0.2, 0) is 18.4 Å². The minimum absolute atomic E-state index is 0.210. The Morgan fingerprint density at radius 2 is 1.67 bits per heavy atom. The highest BCUT2D eigenvalue weighted by Gasteiger charge is 2.21. The summed E-state index contributed by atoms with van der Waals surface area (Å²) in [6.07, 6.45) is 0. The second kappa shape index (κ2) is 8.88. The van der Waals surface area contributed by atoms with Crippen molar-refractivity contribution in [3.05, 3.63) is 94.2 Å². The Balaban J connectivity index is 1.58. The largest absolute Gasteiger partial charge is 0.330 e. The maximum Gasteiger partial charge on any atom is 0.246 e. The van der Waals surface area contributed by atoms with Gasteiger partial charge in [0.15, 0.2) is 0 Å². The molecule has 0 aliphatic carbocycles. The van der Waals surface area contributed by atoms with E-state index in [-0.39, 0.29) is 5.91 Å². The van der Waals surface area contributed by atoms with Crippen LogP contribution in [0.15, 0.2) is 72.8 Å². The summed E-state index contributed by atoms with van der Waals surface area (Å²) in [6, 6.07) is 21.9. The molecule has 0 radical (unpaired) electrons. The van der Waals surface area contributed by atoms with Crippen molar-refractivity contribution in [2.45, 2.75) is 12.6 Å². The number of halogens is 2. The lowest BCUT2D eigenvalue weighted by Gasteiger charge is -2.19. The lowest BCUT2D eigenvalue weighted by atomic mass is 10.1.